The highest BCUT2D eigenvalue weighted by Gasteiger charge is 1.99. The average molecular weight is 214 g/mol. The molecule has 0 atom stereocenters. The van der Waals surface area contributed by atoms with Crippen LogP contribution in [-0.2, 0) is 9.53 Å². The summed E-state index contributed by atoms with van der Waals surface area (Å²) in [5.74, 6) is 0.770. The van der Waals surface area contributed by atoms with Crippen molar-refractivity contribution in [1.29, 1.82) is 0 Å². The van der Waals surface area contributed by atoms with Gasteiger partial charge in [0, 0.05) is 6.42 Å². The molecule has 0 aromatic rings. The Hall–Kier alpha value is -0.530. The van der Waals surface area contributed by atoms with E-state index < -0.39 is 0 Å². The Morgan fingerprint density at radius 1 is 1.13 bits per heavy atom. The van der Waals surface area contributed by atoms with E-state index in [1.807, 2.05) is 6.92 Å². The molecular weight excluding hydrogens is 188 g/mol. The molecule has 0 N–H and O–H groups in total. The van der Waals surface area contributed by atoms with Crippen LogP contribution < -0.4 is 0 Å². The summed E-state index contributed by atoms with van der Waals surface area (Å²) in [5, 5.41) is 0. The van der Waals surface area contributed by atoms with Crippen LogP contribution in [0.2, 0.25) is 0 Å². The van der Waals surface area contributed by atoms with E-state index in [9.17, 15) is 4.79 Å². The molecule has 0 aliphatic heterocycles. The van der Waals surface area contributed by atoms with Crippen molar-refractivity contribution in [1.82, 2.24) is 0 Å². The second-order valence-corrected chi connectivity index (χ2v) is 4.57. The average Bonchev–Trinajstić information content (AvgIpc) is 2.16. The molecule has 0 aromatic heterocycles. The van der Waals surface area contributed by atoms with Crippen LogP contribution in [0.3, 0.4) is 0 Å². The molecule has 0 aromatic carbocycles. The third kappa shape index (κ3) is 11.4. The molecule has 0 heterocycles. The van der Waals surface area contributed by atoms with Gasteiger partial charge in [-0.15, -0.1) is 0 Å². The lowest BCUT2D eigenvalue weighted by Crippen LogP contribution is -2.04. The number of carbonyl (C=O) groups is 1. The second kappa shape index (κ2) is 10.0. The Morgan fingerprint density at radius 3 is 2.40 bits per heavy atom. The third-order valence-electron chi connectivity index (χ3n) is 2.39. The van der Waals surface area contributed by atoms with Gasteiger partial charge in [-0.1, -0.05) is 46.5 Å². The molecular formula is C13H26O2. The van der Waals surface area contributed by atoms with Crippen LogP contribution in [0.4, 0.5) is 0 Å². The first-order valence-electron chi connectivity index (χ1n) is 6.32. The Morgan fingerprint density at radius 2 is 1.80 bits per heavy atom. The molecule has 0 saturated heterocycles. The molecule has 0 saturated carbocycles. The lowest BCUT2D eigenvalue weighted by Gasteiger charge is -2.05. The van der Waals surface area contributed by atoms with Crippen molar-refractivity contribution in [3.8, 4) is 0 Å². The first kappa shape index (κ1) is 14.5. The summed E-state index contributed by atoms with van der Waals surface area (Å²) in [6.07, 6.45) is 7.54. The normalized spacial score (nSPS) is 10.7. The van der Waals surface area contributed by atoms with Crippen molar-refractivity contribution in [2.24, 2.45) is 5.92 Å². The quantitative estimate of drug-likeness (QED) is 0.429. The monoisotopic (exact) mass is 214 g/mol. The summed E-state index contributed by atoms with van der Waals surface area (Å²) >= 11 is 0. The van der Waals surface area contributed by atoms with Gasteiger partial charge in [0.1, 0.15) is 0 Å². The number of hydrogen-bond donors (Lipinski definition) is 0. The summed E-state index contributed by atoms with van der Waals surface area (Å²) in [5.41, 5.74) is 0. The summed E-state index contributed by atoms with van der Waals surface area (Å²) in [4.78, 5) is 11.0. The van der Waals surface area contributed by atoms with E-state index in [4.69, 9.17) is 4.74 Å². The fraction of sp³-hybridized carbons (Fsp3) is 0.923. The van der Waals surface area contributed by atoms with Crippen molar-refractivity contribution in [2.75, 3.05) is 6.61 Å². The van der Waals surface area contributed by atoms with E-state index in [-0.39, 0.29) is 5.97 Å². The highest BCUT2D eigenvalue weighted by Crippen LogP contribution is 2.09. The maximum atomic E-state index is 11.0. The van der Waals surface area contributed by atoms with Crippen molar-refractivity contribution < 1.29 is 9.53 Å². The van der Waals surface area contributed by atoms with Gasteiger partial charge < -0.3 is 4.74 Å². The highest BCUT2D eigenvalue weighted by molar-refractivity contribution is 5.69. The molecule has 0 amide bonds. The zero-order valence-electron chi connectivity index (χ0n) is 10.6. The highest BCUT2D eigenvalue weighted by atomic mass is 16.5. The Labute approximate surface area is 94.4 Å². The summed E-state index contributed by atoms with van der Waals surface area (Å²) < 4.78 is 5.07. The number of carbonyl (C=O) groups excluding carboxylic acids is 1. The molecule has 15 heavy (non-hydrogen) atoms. The summed E-state index contributed by atoms with van der Waals surface area (Å²) in [6.45, 7) is 7.12. The minimum atomic E-state index is -0.0420. The van der Waals surface area contributed by atoms with Gasteiger partial charge >= 0.3 is 5.97 Å². The maximum absolute atomic E-state index is 11.0. The van der Waals surface area contributed by atoms with Gasteiger partial charge in [-0.25, -0.2) is 0 Å². The van der Waals surface area contributed by atoms with E-state index in [0.29, 0.717) is 13.0 Å². The van der Waals surface area contributed by atoms with Gasteiger partial charge in [0.05, 0.1) is 6.61 Å². The number of unbranched alkanes of at least 4 members (excludes halogenated alkanes) is 3. The Bertz CT molecular complexity index is 153. The first-order chi connectivity index (χ1) is 7.16. The van der Waals surface area contributed by atoms with Crippen LogP contribution in [0, 0.1) is 5.92 Å². The number of hydrogen-bond acceptors (Lipinski definition) is 2. The van der Waals surface area contributed by atoms with Gasteiger partial charge in [0.2, 0.25) is 0 Å². The predicted octanol–water partition coefficient (Wildman–Crippen LogP) is 3.94. The van der Waals surface area contributed by atoms with Crippen LogP contribution in [-0.4, -0.2) is 12.6 Å². The van der Waals surface area contributed by atoms with E-state index >= 15 is 0 Å². The summed E-state index contributed by atoms with van der Waals surface area (Å²) in [6, 6.07) is 0. The minimum Gasteiger partial charge on any atom is -0.466 e. The van der Waals surface area contributed by atoms with Gasteiger partial charge in [0.25, 0.3) is 0 Å². The van der Waals surface area contributed by atoms with Gasteiger partial charge in [-0.3, -0.25) is 4.79 Å². The number of esters is 1. The minimum absolute atomic E-state index is 0.0420. The fourth-order valence-electron chi connectivity index (χ4n) is 1.47. The molecule has 90 valence electrons. The van der Waals surface area contributed by atoms with E-state index in [0.717, 1.165) is 18.8 Å². The first-order valence-corrected chi connectivity index (χ1v) is 6.32. The Kier molecular flexibility index (Phi) is 9.65. The summed E-state index contributed by atoms with van der Waals surface area (Å²) in [7, 11) is 0. The third-order valence-corrected chi connectivity index (χ3v) is 2.39. The molecule has 0 aliphatic rings. The molecule has 2 heteroatoms. The Balaban J connectivity index is 3.08. The fourth-order valence-corrected chi connectivity index (χ4v) is 1.47. The zero-order chi connectivity index (χ0) is 11.5. The number of ether oxygens (including phenoxy) is 1. The van der Waals surface area contributed by atoms with Crippen LogP contribution in [0.5, 0.6) is 0 Å². The van der Waals surface area contributed by atoms with E-state index in [2.05, 4.69) is 13.8 Å². The molecule has 0 rings (SSSR count). The molecule has 0 bridgehead atoms. The number of rotatable bonds is 9. The smallest absolute Gasteiger partial charge is 0.305 e. The van der Waals surface area contributed by atoms with Gasteiger partial charge in [0.15, 0.2) is 0 Å². The maximum Gasteiger partial charge on any atom is 0.305 e. The SMILES string of the molecule is CCCC(=O)OCCCCCCC(C)C. The predicted molar refractivity (Wildman–Crippen MR) is 63.8 cm³/mol. The standard InChI is InChI=1S/C13H26O2/c1-4-9-13(14)15-11-8-6-5-7-10-12(2)3/h12H,4-11H2,1-3H3. The van der Waals surface area contributed by atoms with E-state index in [1.54, 1.807) is 0 Å². The topological polar surface area (TPSA) is 26.3 Å². The molecule has 0 unspecified atom stereocenters. The van der Waals surface area contributed by atoms with Crippen LogP contribution >= 0.6 is 0 Å². The molecule has 0 radical (unpaired) electrons. The van der Waals surface area contributed by atoms with Crippen LogP contribution in [0.15, 0.2) is 0 Å². The molecule has 0 fully saturated rings. The van der Waals surface area contributed by atoms with Crippen LogP contribution in [0.25, 0.3) is 0 Å². The van der Waals surface area contributed by atoms with E-state index in [1.165, 1.54) is 25.7 Å². The molecule has 0 spiro atoms. The van der Waals surface area contributed by atoms with Gasteiger partial charge in [-0.05, 0) is 18.8 Å². The van der Waals surface area contributed by atoms with Crippen molar-refractivity contribution in [3.05, 3.63) is 0 Å². The van der Waals surface area contributed by atoms with Gasteiger partial charge in [-0.2, -0.15) is 0 Å². The van der Waals surface area contributed by atoms with Crippen molar-refractivity contribution in [2.45, 2.75) is 65.7 Å². The lowest BCUT2D eigenvalue weighted by molar-refractivity contribution is -0.143. The largest absolute Gasteiger partial charge is 0.466 e. The zero-order valence-corrected chi connectivity index (χ0v) is 10.6. The van der Waals surface area contributed by atoms with Crippen LogP contribution in [0.1, 0.15) is 65.7 Å². The van der Waals surface area contributed by atoms with Crippen molar-refractivity contribution >= 4 is 5.97 Å². The second-order valence-electron chi connectivity index (χ2n) is 4.57. The molecule has 2 nitrogen and oxygen atoms in total. The lowest BCUT2D eigenvalue weighted by atomic mass is 10.0. The van der Waals surface area contributed by atoms with Crippen molar-refractivity contribution in [3.63, 3.8) is 0 Å². The molecule has 0 aliphatic carbocycles.